The molecule has 1 aromatic carbocycles. The maximum Gasteiger partial charge on any atom is 0.234 e. The Morgan fingerprint density at radius 3 is 2.21 bits per heavy atom. The Morgan fingerprint density at radius 2 is 1.63 bits per heavy atom. The molecule has 100 valence electrons. The summed E-state index contributed by atoms with van der Waals surface area (Å²) >= 11 is 0. The van der Waals surface area contributed by atoms with Gasteiger partial charge < -0.3 is 10.2 Å². The van der Waals surface area contributed by atoms with Crippen molar-refractivity contribution in [2.75, 3.05) is 0 Å². The van der Waals surface area contributed by atoms with Crippen molar-refractivity contribution >= 4 is 17.3 Å². The lowest BCUT2D eigenvalue weighted by atomic mass is 9.85. The highest BCUT2D eigenvalue weighted by Crippen LogP contribution is 2.30. The highest BCUT2D eigenvalue weighted by molar-refractivity contribution is 6.52. The molecule has 0 saturated carbocycles. The molecule has 2 N–H and O–H groups in total. The molecule has 4 heteroatoms. The van der Waals surface area contributed by atoms with Crippen LogP contribution in [0.3, 0.4) is 0 Å². The minimum atomic E-state index is -0.765. The van der Waals surface area contributed by atoms with E-state index in [4.69, 9.17) is 0 Å². The number of hydrogen-bond donors (Lipinski definition) is 2. The molecule has 0 aliphatic heterocycles. The predicted molar refractivity (Wildman–Crippen MR) is 70.8 cm³/mol. The van der Waals surface area contributed by atoms with Gasteiger partial charge in [0.05, 0.1) is 6.10 Å². The summed E-state index contributed by atoms with van der Waals surface area (Å²) in [4.78, 5) is 23.9. The second-order valence-corrected chi connectivity index (χ2v) is 5.05. The number of fused-ring (bicyclic) bond motifs is 1. The van der Waals surface area contributed by atoms with E-state index in [1.165, 1.54) is 6.07 Å². The standard InChI is InChI=1S/C15H16O4/c1-8(2)12(16)7-11-13(17)9-5-3-4-6-10(9)14(18)15(11)19/h3-6,8,12,16-17H,7H2,1-2H3. The normalized spacial score (nSPS) is 16.8. The Balaban J connectivity index is 2.48. The van der Waals surface area contributed by atoms with Gasteiger partial charge in [-0.3, -0.25) is 9.59 Å². The van der Waals surface area contributed by atoms with E-state index in [0.717, 1.165) is 0 Å². The van der Waals surface area contributed by atoms with E-state index in [-0.39, 0.29) is 29.2 Å². The molecule has 1 atom stereocenters. The molecule has 1 aliphatic carbocycles. The maximum absolute atomic E-state index is 12.0. The number of ketones is 2. The van der Waals surface area contributed by atoms with E-state index in [9.17, 15) is 19.8 Å². The maximum atomic E-state index is 12.0. The van der Waals surface area contributed by atoms with Crippen LogP contribution < -0.4 is 0 Å². The summed E-state index contributed by atoms with van der Waals surface area (Å²) in [6.07, 6.45) is -0.776. The summed E-state index contributed by atoms with van der Waals surface area (Å²) in [5.74, 6) is -1.60. The van der Waals surface area contributed by atoms with Crippen molar-refractivity contribution in [3.8, 4) is 0 Å². The molecule has 4 nitrogen and oxygen atoms in total. The summed E-state index contributed by atoms with van der Waals surface area (Å²) < 4.78 is 0. The molecular formula is C15H16O4. The first-order chi connectivity index (χ1) is 8.93. The molecule has 0 bridgehead atoms. The van der Waals surface area contributed by atoms with Gasteiger partial charge in [-0.15, -0.1) is 0 Å². The van der Waals surface area contributed by atoms with Crippen LogP contribution in [0.1, 0.15) is 36.2 Å². The molecule has 1 unspecified atom stereocenters. The average molecular weight is 260 g/mol. The van der Waals surface area contributed by atoms with Gasteiger partial charge in [0, 0.05) is 23.1 Å². The van der Waals surface area contributed by atoms with Crippen LogP contribution in [0, 0.1) is 5.92 Å². The summed E-state index contributed by atoms with van der Waals surface area (Å²) in [6, 6.07) is 6.44. The Hall–Kier alpha value is -1.94. The third-order valence-corrected chi connectivity index (χ3v) is 3.38. The van der Waals surface area contributed by atoms with Gasteiger partial charge in [-0.05, 0) is 5.92 Å². The number of carbonyl (C=O) groups excluding carboxylic acids is 2. The molecule has 2 rings (SSSR count). The fourth-order valence-electron chi connectivity index (χ4n) is 2.05. The van der Waals surface area contributed by atoms with Gasteiger partial charge >= 0.3 is 0 Å². The van der Waals surface area contributed by atoms with Crippen LogP contribution in [0.4, 0.5) is 0 Å². The lowest BCUT2D eigenvalue weighted by Gasteiger charge is -2.21. The Kier molecular flexibility index (Phi) is 3.53. The minimum Gasteiger partial charge on any atom is -0.507 e. The van der Waals surface area contributed by atoms with Crippen LogP contribution >= 0.6 is 0 Å². The van der Waals surface area contributed by atoms with E-state index < -0.39 is 17.7 Å². The number of rotatable bonds is 3. The molecular weight excluding hydrogens is 244 g/mol. The number of benzene rings is 1. The topological polar surface area (TPSA) is 74.6 Å². The highest BCUT2D eigenvalue weighted by atomic mass is 16.3. The van der Waals surface area contributed by atoms with Crippen molar-refractivity contribution in [1.29, 1.82) is 0 Å². The van der Waals surface area contributed by atoms with E-state index >= 15 is 0 Å². The minimum absolute atomic E-state index is 0.00454. The molecule has 0 fully saturated rings. The van der Waals surface area contributed by atoms with Crippen molar-refractivity contribution in [3.05, 3.63) is 41.0 Å². The van der Waals surface area contributed by atoms with E-state index in [0.29, 0.717) is 5.56 Å². The van der Waals surface area contributed by atoms with Gasteiger partial charge in [-0.2, -0.15) is 0 Å². The number of Topliss-reactive ketones (excluding diaryl/α,β-unsaturated/α-hetero) is 2. The van der Waals surface area contributed by atoms with Crippen molar-refractivity contribution in [3.63, 3.8) is 0 Å². The molecule has 0 heterocycles. The molecule has 0 radical (unpaired) electrons. The SMILES string of the molecule is CC(C)C(O)CC1=C(O)c2ccccc2C(=O)C1=O. The van der Waals surface area contributed by atoms with Crippen LogP contribution in [0.5, 0.6) is 0 Å². The zero-order valence-electron chi connectivity index (χ0n) is 10.9. The number of carbonyl (C=O) groups is 2. The van der Waals surface area contributed by atoms with Gasteiger partial charge in [0.15, 0.2) is 0 Å². The van der Waals surface area contributed by atoms with Crippen LogP contribution in [-0.4, -0.2) is 27.9 Å². The van der Waals surface area contributed by atoms with Gasteiger partial charge in [0.1, 0.15) is 5.76 Å². The quantitative estimate of drug-likeness (QED) is 0.816. The van der Waals surface area contributed by atoms with Crippen molar-refractivity contribution in [1.82, 2.24) is 0 Å². The molecule has 1 aromatic rings. The summed E-state index contributed by atoms with van der Waals surface area (Å²) in [7, 11) is 0. The number of hydrogen-bond acceptors (Lipinski definition) is 4. The highest BCUT2D eigenvalue weighted by Gasteiger charge is 2.33. The van der Waals surface area contributed by atoms with Gasteiger partial charge in [-0.25, -0.2) is 0 Å². The van der Waals surface area contributed by atoms with Crippen LogP contribution in [-0.2, 0) is 4.79 Å². The molecule has 1 aliphatic rings. The zero-order valence-corrected chi connectivity index (χ0v) is 10.9. The van der Waals surface area contributed by atoms with Crippen molar-refractivity contribution in [2.45, 2.75) is 26.4 Å². The Labute approximate surface area is 111 Å². The molecule has 0 amide bonds. The van der Waals surface area contributed by atoms with E-state index in [2.05, 4.69) is 0 Å². The monoisotopic (exact) mass is 260 g/mol. The Bertz CT molecular complexity index is 569. The van der Waals surface area contributed by atoms with Crippen LogP contribution in [0.15, 0.2) is 29.8 Å². The lowest BCUT2D eigenvalue weighted by molar-refractivity contribution is -0.112. The first-order valence-corrected chi connectivity index (χ1v) is 6.22. The smallest absolute Gasteiger partial charge is 0.234 e. The van der Waals surface area contributed by atoms with Gasteiger partial charge in [0.25, 0.3) is 0 Å². The Morgan fingerprint density at radius 1 is 1.05 bits per heavy atom. The van der Waals surface area contributed by atoms with Crippen molar-refractivity contribution in [2.24, 2.45) is 5.92 Å². The number of aliphatic hydroxyl groups excluding tert-OH is 2. The van der Waals surface area contributed by atoms with Gasteiger partial charge in [0.2, 0.25) is 11.6 Å². The zero-order chi connectivity index (χ0) is 14.2. The van der Waals surface area contributed by atoms with Crippen LogP contribution in [0.2, 0.25) is 0 Å². The molecule has 0 saturated heterocycles. The first kappa shape index (κ1) is 13.5. The summed E-state index contributed by atoms with van der Waals surface area (Å²) in [5, 5.41) is 20.0. The lowest BCUT2D eigenvalue weighted by Crippen LogP contribution is -2.27. The van der Waals surface area contributed by atoms with Crippen molar-refractivity contribution < 1.29 is 19.8 Å². The van der Waals surface area contributed by atoms with Gasteiger partial charge in [-0.1, -0.05) is 38.1 Å². The van der Waals surface area contributed by atoms with Crippen LogP contribution in [0.25, 0.3) is 5.76 Å². The summed E-state index contributed by atoms with van der Waals surface area (Å²) in [6.45, 7) is 3.62. The number of aliphatic hydroxyl groups is 2. The largest absolute Gasteiger partial charge is 0.507 e. The second kappa shape index (κ2) is 4.97. The first-order valence-electron chi connectivity index (χ1n) is 6.22. The second-order valence-electron chi connectivity index (χ2n) is 5.05. The average Bonchev–Trinajstić information content (AvgIpc) is 2.40. The summed E-state index contributed by atoms with van der Waals surface area (Å²) in [5.41, 5.74) is 0.579. The molecule has 0 aromatic heterocycles. The molecule has 19 heavy (non-hydrogen) atoms. The fourth-order valence-corrected chi connectivity index (χ4v) is 2.05. The van der Waals surface area contributed by atoms with E-state index in [1.807, 2.05) is 13.8 Å². The third kappa shape index (κ3) is 2.31. The van der Waals surface area contributed by atoms with E-state index in [1.54, 1.807) is 18.2 Å². The fraction of sp³-hybridized carbons (Fsp3) is 0.333. The predicted octanol–water partition coefficient (Wildman–Crippen LogP) is 2.13. The third-order valence-electron chi connectivity index (χ3n) is 3.38. The molecule has 0 spiro atoms.